The molecule has 2 heterocycles. The van der Waals surface area contributed by atoms with Crippen LogP contribution in [0, 0.1) is 0 Å². The Balaban J connectivity index is 1.89. The lowest BCUT2D eigenvalue weighted by molar-refractivity contribution is -0.144. The second-order valence-electron chi connectivity index (χ2n) is 8.04. The zero-order valence-corrected chi connectivity index (χ0v) is 20.3. The van der Waals surface area contributed by atoms with Crippen molar-refractivity contribution in [3.8, 4) is 0 Å². The van der Waals surface area contributed by atoms with Gasteiger partial charge in [-0.1, -0.05) is 0 Å². The van der Waals surface area contributed by atoms with E-state index in [1.807, 2.05) is 0 Å². The number of nitrogens with one attached hydrogen (secondary N) is 2. The Hall–Kier alpha value is -3.21. The highest BCUT2D eigenvalue weighted by atomic mass is 35.5. The topological polar surface area (TPSA) is 214 Å². The summed E-state index contributed by atoms with van der Waals surface area (Å²) in [6, 6.07) is -0.995. The van der Waals surface area contributed by atoms with Crippen LogP contribution in [-0.4, -0.2) is 146 Å². The van der Waals surface area contributed by atoms with E-state index in [2.05, 4.69) is 31.0 Å². The van der Waals surface area contributed by atoms with E-state index < -0.39 is 23.9 Å². The highest BCUT2D eigenvalue weighted by molar-refractivity contribution is 6.28. The molecule has 0 radical (unpaired) electrons. The van der Waals surface area contributed by atoms with Gasteiger partial charge in [0.15, 0.2) is 0 Å². The molecule has 16 nitrogen and oxygen atoms in total. The maximum Gasteiger partial charge on any atom is 0.320 e. The largest absolute Gasteiger partial charge is 0.480 e. The number of carboxylic acids is 3. The molecular weight excluding hydrogens is 502 g/mol. The SMILES string of the molecule is O=C(O)CN1CCN(CC(=O)O)CCN([C@@H](CCC(=O)NCCNc2nnc(Cl)nn2)C(=O)O)CC1. The lowest BCUT2D eigenvalue weighted by Crippen LogP contribution is -2.47. The summed E-state index contributed by atoms with van der Waals surface area (Å²) in [6.45, 7) is 1.83. The number of carboxylic acid groups (broad SMARTS) is 3. The molecule has 1 aliphatic heterocycles. The molecule has 0 aromatic carbocycles. The molecule has 1 saturated heterocycles. The molecule has 1 aromatic rings. The Morgan fingerprint density at radius 3 is 1.86 bits per heavy atom. The average molecular weight is 532 g/mol. The third kappa shape index (κ3) is 11.0. The van der Waals surface area contributed by atoms with E-state index in [1.165, 1.54) is 0 Å². The average Bonchev–Trinajstić information content (AvgIpc) is 2.89. The second kappa shape index (κ2) is 15.0. The Labute approximate surface area is 211 Å². The number of rotatable bonds is 13. The zero-order chi connectivity index (χ0) is 26.5. The molecule has 0 aliphatic carbocycles. The molecule has 0 spiro atoms. The lowest BCUT2D eigenvalue weighted by atomic mass is 10.1. The van der Waals surface area contributed by atoms with Gasteiger partial charge in [-0.2, -0.15) is 0 Å². The first-order chi connectivity index (χ1) is 17.1. The van der Waals surface area contributed by atoms with E-state index in [9.17, 15) is 24.3 Å². The molecule has 1 fully saturated rings. The van der Waals surface area contributed by atoms with Gasteiger partial charge in [-0.15, -0.1) is 20.4 Å². The molecule has 2 rings (SSSR count). The fourth-order valence-corrected chi connectivity index (χ4v) is 3.73. The summed E-state index contributed by atoms with van der Waals surface area (Å²) >= 11 is 5.50. The molecule has 1 atom stereocenters. The minimum atomic E-state index is -1.11. The van der Waals surface area contributed by atoms with Crippen LogP contribution in [0.1, 0.15) is 12.8 Å². The van der Waals surface area contributed by atoms with E-state index in [0.717, 1.165) is 0 Å². The highest BCUT2D eigenvalue weighted by Crippen LogP contribution is 2.11. The molecule has 0 unspecified atom stereocenters. The standard InChI is InChI=1S/C19H30ClN9O7/c20-18-23-25-19(26-24-18)22-4-3-21-14(30)2-1-13(17(35)36)29-9-7-27(11-15(31)32)5-6-28(8-10-29)12-16(33)34/h13H,1-12H2,(H,21,30)(H,31,32)(H,33,34)(H,35,36)(H,22,25,26)/t13-/m0/s1. The molecule has 0 saturated carbocycles. The molecule has 1 aromatic heterocycles. The number of carbonyl (C=O) groups excluding carboxylic acids is 1. The first kappa shape index (κ1) is 29.0. The molecule has 1 amide bonds. The highest BCUT2D eigenvalue weighted by Gasteiger charge is 2.28. The third-order valence-electron chi connectivity index (χ3n) is 5.41. The van der Waals surface area contributed by atoms with Gasteiger partial charge in [0.05, 0.1) is 13.1 Å². The van der Waals surface area contributed by atoms with Crippen molar-refractivity contribution in [3.05, 3.63) is 5.28 Å². The Kier molecular flexibility index (Phi) is 12.1. The van der Waals surface area contributed by atoms with E-state index in [1.54, 1.807) is 14.7 Å². The van der Waals surface area contributed by atoms with Crippen molar-refractivity contribution >= 4 is 41.4 Å². The summed E-state index contributed by atoms with van der Waals surface area (Å²) in [7, 11) is 0. The molecule has 36 heavy (non-hydrogen) atoms. The van der Waals surface area contributed by atoms with Crippen LogP contribution >= 0.6 is 11.6 Å². The van der Waals surface area contributed by atoms with E-state index in [-0.39, 0.29) is 69.2 Å². The van der Waals surface area contributed by atoms with Crippen LogP contribution in [0.2, 0.25) is 5.28 Å². The second-order valence-corrected chi connectivity index (χ2v) is 8.38. The van der Waals surface area contributed by atoms with Crippen LogP contribution in [0.15, 0.2) is 0 Å². The predicted molar refractivity (Wildman–Crippen MR) is 125 cm³/mol. The van der Waals surface area contributed by atoms with Crippen molar-refractivity contribution in [1.82, 2.24) is 40.4 Å². The molecule has 200 valence electrons. The molecule has 5 N–H and O–H groups in total. The molecule has 17 heteroatoms. The summed E-state index contributed by atoms with van der Waals surface area (Å²) in [4.78, 5) is 51.6. The maximum absolute atomic E-state index is 12.3. The molecule has 0 bridgehead atoms. The van der Waals surface area contributed by atoms with Crippen molar-refractivity contribution in [1.29, 1.82) is 0 Å². The van der Waals surface area contributed by atoms with Crippen LogP contribution in [-0.2, 0) is 19.2 Å². The van der Waals surface area contributed by atoms with Crippen LogP contribution in [0.3, 0.4) is 0 Å². The number of aromatic nitrogens is 4. The first-order valence-corrected chi connectivity index (χ1v) is 11.6. The van der Waals surface area contributed by atoms with Crippen molar-refractivity contribution in [2.24, 2.45) is 0 Å². The van der Waals surface area contributed by atoms with Gasteiger partial charge in [0.1, 0.15) is 6.04 Å². The van der Waals surface area contributed by atoms with E-state index >= 15 is 0 Å². The van der Waals surface area contributed by atoms with Gasteiger partial charge in [-0.05, 0) is 18.0 Å². The number of hydrogen-bond donors (Lipinski definition) is 5. The predicted octanol–water partition coefficient (Wildman–Crippen LogP) is -2.23. The van der Waals surface area contributed by atoms with Gasteiger partial charge >= 0.3 is 17.9 Å². The lowest BCUT2D eigenvalue weighted by Gasteiger charge is -2.30. The number of hydrogen-bond acceptors (Lipinski definition) is 12. The van der Waals surface area contributed by atoms with Gasteiger partial charge < -0.3 is 26.0 Å². The smallest absolute Gasteiger partial charge is 0.320 e. The van der Waals surface area contributed by atoms with E-state index in [0.29, 0.717) is 26.2 Å². The van der Waals surface area contributed by atoms with Crippen LogP contribution < -0.4 is 10.6 Å². The summed E-state index contributed by atoms with van der Waals surface area (Å²) in [5.74, 6) is -3.37. The van der Waals surface area contributed by atoms with Crippen LogP contribution in [0.5, 0.6) is 0 Å². The number of carbonyl (C=O) groups is 4. The van der Waals surface area contributed by atoms with Crippen molar-refractivity contribution in [2.75, 3.05) is 70.8 Å². The number of amides is 1. The summed E-state index contributed by atoms with van der Waals surface area (Å²) in [6.07, 6.45) is -0.0215. The maximum atomic E-state index is 12.3. The number of halogens is 1. The zero-order valence-electron chi connectivity index (χ0n) is 19.5. The summed E-state index contributed by atoms with van der Waals surface area (Å²) in [5.41, 5.74) is 0. The normalized spacial score (nSPS) is 16.8. The molecular formula is C19H30ClN9O7. The van der Waals surface area contributed by atoms with Crippen LogP contribution in [0.25, 0.3) is 0 Å². The van der Waals surface area contributed by atoms with Gasteiger partial charge in [0.25, 0.3) is 11.2 Å². The number of nitrogens with zero attached hydrogens (tertiary/aromatic N) is 7. The fraction of sp³-hybridized carbons (Fsp3) is 0.684. The minimum absolute atomic E-state index is 0.0284. The van der Waals surface area contributed by atoms with Gasteiger partial charge in [-0.25, -0.2) is 0 Å². The van der Waals surface area contributed by atoms with Gasteiger partial charge in [-0.3, -0.25) is 33.9 Å². The van der Waals surface area contributed by atoms with Crippen LogP contribution in [0.4, 0.5) is 5.95 Å². The van der Waals surface area contributed by atoms with Gasteiger partial charge in [0.2, 0.25) is 5.91 Å². The number of anilines is 1. The molecule has 1 aliphatic rings. The summed E-state index contributed by atoms with van der Waals surface area (Å²) in [5, 5.41) is 47.9. The van der Waals surface area contributed by atoms with Crippen molar-refractivity contribution in [3.63, 3.8) is 0 Å². The Bertz CT molecular complexity index is 865. The number of aliphatic carboxylic acids is 3. The quantitative estimate of drug-likeness (QED) is 0.170. The Morgan fingerprint density at radius 1 is 0.833 bits per heavy atom. The third-order valence-corrected chi connectivity index (χ3v) is 5.56. The monoisotopic (exact) mass is 531 g/mol. The summed E-state index contributed by atoms with van der Waals surface area (Å²) < 4.78 is 0. The Morgan fingerprint density at radius 2 is 1.36 bits per heavy atom. The minimum Gasteiger partial charge on any atom is -0.480 e. The first-order valence-electron chi connectivity index (χ1n) is 11.2. The van der Waals surface area contributed by atoms with Crippen molar-refractivity contribution in [2.45, 2.75) is 18.9 Å². The van der Waals surface area contributed by atoms with E-state index in [4.69, 9.17) is 21.8 Å². The van der Waals surface area contributed by atoms with Crippen molar-refractivity contribution < 1.29 is 34.5 Å². The van der Waals surface area contributed by atoms with Gasteiger partial charge in [0, 0.05) is 58.8 Å². The fourth-order valence-electron chi connectivity index (χ4n) is 3.65.